The van der Waals surface area contributed by atoms with Crippen LogP contribution in [0.3, 0.4) is 0 Å². The number of hydrogen-bond donors (Lipinski definition) is 1. The minimum Gasteiger partial charge on any atom is -0.468 e. The molecule has 20 heavy (non-hydrogen) atoms. The monoisotopic (exact) mass is 278 g/mol. The van der Waals surface area contributed by atoms with E-state index in [1.807, 2.05) is 13.2 Å². The molecule has 0 radical (unpaired) electrons. The molecule has 0 unspecified atom stereocenters. The van der Waals surface area contributed by atoms with Crippen LogP contribution in [0, 0.1) is 0 Å². The Labute approximate surface area is 121 Å². The van der Waals surface area contributed by atoms with Gasteiger partial charge in [-0.3, -0.25) is 4.90 Å². The second-order valence-corrected chi connectivity index (χ2v) is 6.30. The van der Waals surface area contributed by atoms with Crippen LogP contribution in [0.2, 0.25) is 0 Å². The molecule has 4 heteroatoms. The van der Waals surface area contributed by atoms with E-state index in [1.165, 1.54) is 12.8 Å². The molecule has 2 aliphatic carbocycles. The van der Waals surface area contributed by atoms with Gasteiger partial charge in [0.1, 0.15) is 5.76 Å². The predicted molar refractivity (Wildman–Crippen MR) is 78.3 cm³/mol. The lowest BCUT2D eigenvalue weighted by atomic mass is 9.78. The van der Waals surface area contributed by atoms with Gasteiger partial charge in [0.15, 0.2) is 0 Å². The van der Waals surface area contributed by atoms with Gasteiger partial charge >= 0.3 is 0 Å². The van der Waals surface area contributed by atoms with Gasteiger partial charge < -0.3 is 14.9 Å². The molecule has 1 heterocycles. The van der Waals surface area contributed by atoms with Crippen molar-refractivity contribution < 1.29 is 9.15 Å². The highest BCUT2D eigenvalue weighted by Gasteiger charge is 2.45. The molecule has 0 aliphatic heterocycles. The summed E-state index contributed by atoms with van der Waals surface area (Å²) >= 11 is 0. The normalized spacial score (nSPS) is 30.9. The fourth-order valence-electron chi connectivity index (χ4n) is 3.61. The second-order valence-electron chi connectivity index (χ2n) is 6.30. The Bertz CT molecular complexity index is 406. The molecule has 0 bridgehead atoms. The van der Waals surface area contributed by atoms with Crippen molar-refractivity contribution in [2.45, 2.75) is 62.8 Å². The summed E-state index contributed by atoms with van der Waals surface area (Å²) < 4.78 is 11.1. The van der Waals surface area contributed by atoms with Crippen LogP contribution in [-0.2, 0) is 11.3 Å². The molecule has 4 nitrogen and oxygen atoms in total. The van der Waals surface area contributed by atoms with E-state index in [1.54, 1.807) is 6.26 Å². The van der Waals surface area contributed by atoms with E-state index in [2.05, 4.69) is 11.0 Å². The summed E-state index contributed by atoms with van der Waals surface area (Å²) in [6.07, 6.45) is 9.30. The van der Waals surface area contributed by atoms with E-state index in [0.717, 1.165) is 44.5 Å². The first-order chi connectivity index (χ1) is 9.77. The number of rotatable bonds is 6. The van der Waals surface area contributed by atoms with E-state index in [-0.39, 0.29) is 5.54 Å². The zero-order valence-corrected chi connectivity index (χ0v) is 12.4. The molecule has 2 saturated carbocycles. The zero-order chi connectivity index (χ0) is 14.0. The average Bonchev–Trinajstić information content (AvgIpc) is 3.21. The molecule has 0 spiro atoms. The predicted octanol–water partition coefficient (Wildman–Crippen LogP) is 2.53. The van der Waals surface area contributed by atoms with Gasteiger partial charge in [-0.05, 0) is 50.7 Å². The number of ether oxygens (including phenoxy) is 1. The first-order valence-electron chi connectivity index (χ1n) is 7.79. The number of nitrogens with zero attached hydrogens (tertiary/aromatic N) is 1. The van der Waals surface area contributed by atoms with Gasteiger partial charge in [-0.15, -0.1) is 0 Å². The number of nitrogens with two attached hydrogens (primary N) is 1. The van der Waals surface area contributed by atoms with Crippen LogP contribution in [0.1, 0.15) is 44.3 Å². The Morgan fingerprint density at radius 2 is 2.10 bits per heavy atom. The molecule has 0 amide bonds. The van der Waals surface area contributed by atoms with Gasteiger partial charge in [-0.1, -0.05) is 0 Å². The highest BCUT2D eigenvalue weighted by molar-refractivity contribution is 5.06. The third-order valence-corrected chi connectivity index (χ3v) is 5.08. The van der Waals surface area contributed by atoms with Crippen molar-refractivity contribution in [1.29, 1.82) is 0 Å². The molecule has 2 fully saturated rings. The lowest BCUT2D eigenvalue weighted by Crippen LogP contribution is -2.56. The zero-order valence-electron chi connectivity index (χ0n) is 12.4. The number of methoxy groups -OCH3 is 1. The lowest BCUT2D eigenvalue weighted by molar-refractivity contribution is -0.0173. The van der Waals surface area contributed by atoms with Crippen LogP contribution in [0.25, 0.3) is 0 Å². The fourth-order valence-corrected chi connectivity index (χ4v) is 3.61. The first-order valence-corrected chi connectivity index (χ1v) is 7.79. The molecule has 1 aromatic rings. The smallest absolute Gasteiger partial charge is 0.117 e. The summed E-state index contributed by atoms with van der Waals surface area (Å²) in [4.78, 5) is 2.62. The van der Waals surface area contributed by atoms with Crippen LogP contribution in [0.15, 0.2) is 22.8 Å². The van der Waals surface area contributed by atoms with Crippen molar-refractivity contribution in [3.8, 4) is 0 Å². The third kappa shape index (κ3) is 2.78. The maximum Gasteiger partial charge on any atom is 0.117 e. The summed E-state index contributed by atoms with van der Waals surface area (Å²) in [5.74, 6) is 1.05. The van der Waals surface area contributed by atoms with E-state index in [4.69, 9.17) is 14.9 Å². The molecule has 0 aromatic carbocycles. The highest BCUT2D eigenvalue weighted by Crippen LogP contribution is 2.41. The van der Waals surface area contributed by atoms with Crippen LogP contribution >= 0.6 is 0 Å². The van der Waals surface area contributed by atoms with E-state index in [9.17, 15) is 0 Å². The summed E-state index contributed by atoms with van der Waals surface area (Å²) in [7, 11) is 1.82. The Morgan fingerprint density at radius 1 is 1.35 bits per heavy atom. The molecule has 0 saturated heterocycles. The number of furan rings is 1. The van der Waals surface area contributed by atoms with Crippen LogP contribution in [0.4, 0.5) is 0 Å². The van der Waals surface area contributed by atoms with Crippen molar-refractivity contribution >= 4 is 0 Å². The molecular weight excluding hydrogens is 252 g/mol. The number of hydrogen-bond acceptors (Lipinski definition) is 4. The Kier molecular flexibility index (Phi) is 4.15. The topological polar surface area (TPSA) is 51.6 Å². The molecule has 3 rings (SSSR count). The van der Waals surface area contributed by atoms with Crippen molar-refractivity contribution in [1.82, 2.24) is 4.90 Å². The van der Waals surface area contributed by atoms with Crippen LogP contribution in [-0.4, -0.2) is 36.2 Å². The molecule has 2 N–H and O–H groups in total. The molecule has 2 aliphatic rings. The summed E-state index contributed by atoms with van der Waals surface area (Å²) in [5.41, 5.74) is 6.35. The van der Waals surface area contributed by atoms with Crippen molar-refractivity contribution in [2.24, 2.45) is 5.73 Å². The average molecular weight is 278 g/mol. The van der Waals surface area contributed by atoms with Gasteiger partial charge in [0, 0.05) is 25.2 Å². The Hall–Kier alpha value is -0.840. The molecule has 0 atom stereocenters. The molecular formula is C16H26N2O2. The summed E-state index contributed by atoms with van der Waals surface area (Å²) in [6.45, 7) is 1.63. The third-order valence-electron chi connectivity index (χ3n) is 5.08. The first kappa shape index (κ1) is 14.1. The standard InChI is InChI=1S/C16H26N2O2/c1-19-14-6-8-16(12-17,9-7-14)18(13-4-5-13)11-15-3-2-10-20-15/h2-3,10,13-14H,4-9,11-12,17H2,1H3. The van der Waals surface area contributed by atoms with Gasteiger partial charge in [0.2, 0.25) is 0 Å². The van der Waals surface area contributed by atoms with E-state index in [0.29, 0.717) is 12.1 Å². The van der Waals surface area contributed by atoms with Gasteiger partial charge in [-0.2, -0.15) is 0 Å². The molecule has 1 aromatic heterocycles. The summed E-state index contributed by atoms with van der Waals surface area (Å²) in [5, 5.41) is 0. The van der Waals surface area contributed by atoms with Crippen molar-refractivity contribution in [3.63, 3.8) is 0 Å². The minimum absolute atomic E-state index is 0.142. The second kappa shape index (κ2) is 5.88. The Balaban J connectivity index is 1.74. The van der Waals surface area contributed by atoms with Crippen LogP contribution in [0.5, 0.6) is 0 Å². The van der Waals surface area contributed by atoms with Gasteiger partial charge in [-0.25, -0.2) is 0 Å². The summed E-state index contributed by atoms with van der Waals surface area (Å²) in [6, 6.07) is 4.74. The van der Waals surface area contributed by atoms with Gasteiger partial charge in [0.05, 0.1) is 18.9 Å². The SMILES string of the molecule is COC1CCC(CN)(N(Cc2ccco2)C2CC2)CC1. The largest absolute Gasteiger partial charge is 0.468 e. The fraction of sp³-hybridized carbons (Fsp3) is 0.750. The maximum absolute atomic E-state index is 6.21. The lowest BCUT2D eigenvalue weighted by Gasteiger charge is -2.47. The highest BCUT2D eigenvalue weighted by atomic mass is 16.5. The minimum atomic E-state index is 0.142. The van der Waals surface area contributed by atoms with Crippen molar-refractivity contribution in [3.05, 3.63) is 24.2 Å². The molecule has 112 valence electrons. The quantitative estimate of drug-likeness (QED) is 0.869. The van der Waals surface area contributed by atoms with Crippen molar-refractivity contribution in [2.75, 3.05) is 13.7 Å². The van der Waals surface area contributed by atoms with Gasteiger partial charge in [0.25, 0.3) is 0 Å². The maximum atomic E-state index is 6.21. The Morgan fingerprint density at radius 3 is 2.60 bits per heavy atom. The van der Waals surface area contributed by atoms with E-state index < -0.39 is 0 Å². The van der Waals surface area contributed by atoms with Crippen LogP contribution < -0.4 is 5.73 Å². The van der Waals surface area contributed by atoms with E-state index >= 15 is 0 Å².